The smallest absolute Gasteiger partial charge is 0.338 e. The number of anilines is 1. The minimum Gasteiger partial charge on any atom is -0.462 e. The molecule has 2 aromatic carbocycles. The first-order chi connectivity index (χ1) is 11.7. The molecule has 0 fully saturated rings. The standard InChI is InChI=1S/C16H14Cl3NO4S/c1-2-24-16(21)11-4-6-15(14(19)8-11)20-25(22,23)9-10-3-5-12(17)13(18)7-10/h3-8,20H,2,9H2,1H3. The number of rotatable bonds is 6. The van der Waals surface area contributed by atoms with Crippen LogP contribution in [0.3, 0.4) is 0 Å². The van der Waals surface area contributed by atoms with Crippen LogP contribution >= 0.6 is 34.8 Å². The van der Waals surface area contributed by atoms with Crippen LogP contribution in [-0.4, -0.2) is 21.0 Å². The summed E-state index contributed by atoms with van der Waals surface area (Å²) in [5.74, 6) is -0.838. The Balaban J connectivity index is 2.17. The number of nitrogens with one attached hydrogen (secondary N) is 1. The van der Waals surface area contributed by atoms with E-state index in [-0.39, 0.29) is 33.7 Å². The zero-order valence-electron chi connectivity index (χ0n) is 13.1. The van der Waals surface area contributed by atoms with E-state index >= 15 is 0 Å². The predicted octanol–water partition coefficient (Wildman–Crippen LogP) is 4.77. The van der Waals surface area contributed by atoms with E-state index in [2.05, 4.69) is 4.72 Å². The highest BCUT2D eigenvalue weighted by molar-refractivity contribution is 7.91. The third-order valence-electron chi connectivity index (χ3n) is 3.09. The van der Waals surface area contributed by atoms with Crippen LogP contribution in [0.4, 0.5) is 5.69 Å². The number of ether oxygens (including phenoxy) is 1. The zero-order valence-corrected chi connectivity index (χ0v) is 16.1. The van der Waals surface area contributed by atoms with Gasteiger partial charge in [-0.05, 0) is 42.8 Å². The van der Waals surface area contributed by atoms with Gasteiger partial charge in [0.25, 0.3) is 0 Å². The summed E-state index contributed by atoms with van der Waals surface area (Å²) in [6.45, 7) is 1.92. The number of hydrogen-bond acceptors (Lipinski definition) is 4. The molecule has 5 nitrogen and oxygen atoms in total. The molecular formula is C16H14Cl3NO4S. The van der Waals surface area contributed by atoms with Crippen LogP contribution in [-0.2, 0) is 20.5 Å². The maximum atomic E-state index is 12.3. The van der Waals surface area contributed by atoms with Gasteiger partial charge in [0.2, 0.25) is 10.0 Å². The lowest BCUT2D eigenvalue weighted by molar-refractivity contribution is 0.0526. The van der Waals surface area contributed by atoms with Crippen molar-refractivity contribution in [3.05, 3.63) is 62.6 Å². The van der Waals surface area contributed by atoms with Crippen LogP contribution in [0.5, 0.6) is 0 Å². The molecule has 0 radical (unpaired) electrons. The summed E-state index contributed by atoms with van der Waals surface area (Å²) in [5.41, 5.74) is 0.871. The van der Waals surface area contributed by atoms with Gasteiger partial charge in [-0.1, -0.05) is 40.9 Å². The lowest BCUT2D eigenvalue weighted by Gasteiger charge is -2.11. The van der Waals surface area contributed by atoms with Crippen molar-refractivity contribution in [2.45, 2.75) is 12.7 Å². The molecule has 25 heavy (non-hydrogen) atoms. The Morgan fingerprint density at radius 3 is 2.36 bits per heavy atom. The van der Waals surface area contributed by atoms with Crippen molar-refractivity contribution in [1.29, 1.82) is 0 Å². The number of sulfonamides is 1. The van der Waals surface area contributed by atoms with E-state index in [1.54, 1.807) is 13.0 Å². The molecular weight excluding hydrogens is 409 g/mol. The van der Waals surface area contributed by atoms with E-state index < -0.39 is 16.0 Å². The fourth-order valence-corrected chi connectivity index (χ4v) is 3.80. The second-order valence-corrected chi connectivity index (χ2v) is 7.97. The molecule has 0 spiro atoms. The van der Waals surface area contributed by atoms with Crippen molar-refractivity contribution in [1.82, 2.24) is 0 Å². The molecule has 0 aliphatic heterocycles. The quantitative estimate of drug-likeness (QED) is 0.681. The van der Waals surface area contributed by atoms with Crippen molar-refractivity contribution in [2.75, 3.05) is 11.3 Å². The van der Waals surface area contributed by atoms with E-state index in [4.69, 9.17) is 39.5 Å². The summed E-state index contributed by atoms with van der Waals surface area (Å²) in [6, 6.07) is 8.75. The van der Waals surface area contributed by atoms with Gasteiger partial charge in [-0.2, -0.15) is 0 Å². The summed E-state index contributed by atoms with van der Waals surface area (Å²) < 4.78 is 31.8. The summed E-state index contributed by atoms with van der Waals surface area (Å²) in [7, 11) is -3.74. The first-order valence-corrected chi connectivity index (χ1v) is 9.91. The normalized spacial score (nSPS) is 11.2. The molecule has 0 aromatic heterocycles. The number of hydrogen-bond donors (Lipinski definition) is 1. The Labute approximate surface area is 160 Å². The summed E-state index contributed by atoms with van der Waals surface area (Å²) >= 11 is 17.8. The first kappa shape index (κ1) is 19.8. The molecule has 0 saturated heterocycles. The molecule has 9 heteroatoms. The monoisotopic (exact) mass is 421 g/mol. The molecule has 0 saturated carbocycles. The van der Waals surface area contributed by atoms with E-state index in [0.717, 1.165) is 0 Å². The van der Waals surface area contributed by atoms with Gasteiger partial charge in [-0.15, -0.1) is 0 Å². The Kier molecular flexibility index (Phi) is 6.57. The molecule has 0 heterocycles. The van der Waals surface area contributed by atoms with Crippen LogP contribution < -0.4 is 4.72 Å². The van der Waals surface area contributed by atoms with Gasteiger partial charge in [-0.25, -0.2) is 13.2 Å². The molecule has 0 amide bonds. The Bertz CT molecular complexity index is 900. The van der Waals surface area contributed by atoms with Crippen LogP contribution in [0.1, 0.15) is 22.8 Å². The Morgan fingerprint density at radius 2 is 1.76 bits per heavy atom. The summed E-state index contributed by atoms with van der Waals surface area (Å²) in [4.78, 5) is 11.7. The minimum absolute atomic E-state index is 0.0864. The number of benzene rings is 2. The maximum absolute atomic E-state index is 12.3. The van der Waals surface area contributed by atoms with Crippen molar-refractivity contribution < 1.29 is 17.9 Å². The van der Waals surface area contributed by atoms with Crippen LogP contribution in [0.2, 0.25) is 15.1 Å². The second kappa shape index (κ2) is 8.27. The van der Waals surface area contributed by atoms with Gasteiger partial charge in [0.1, 0.15) is 0 Å². The van der Waals surface area contributed by atoms with Gasteiger partial charge in [0.15, 0.2) is 0 Å². The van der Waals surface area contributed by atoms with E-state index in [9.17, 15) is 13.2 Å². The first-order valence-electron chi connectivity index (χ1n) is 7.13. The molecule has 2 aromatic rings. The van der Waals surface area contributed by atoms with Gasteiger partial charge in [-0.3, -0.25) is 4.72 Å². The van der Waals surface area contributed by atoms with Gasteiger partial charge < -0.3 is 4.74 Å². The molecule has 0 aliphatic rings. The Morgan fingerprint density at radius 1 is 1.04 bits per heavy atom. The highest BCUT2D eigenvalue weighted by Crippen LogP contribution is 2.27. The maximum Gasteiger partial charge on any atom is 0.338 e. The highest BCUT2D eigenvalue weighted by Gasteiger charge is 2.16. The number of halogens is 3. The molecule has 0 aliphatic carbocycles. The minimum atomic E-state index is -3.74. The van der Waals surface area contributed by atoms with Crippen molar-refractivity contribution >= 4 is 56.5 Å². The molecule has 134 valence electrons. The van der Waals surface area contributed by atoms with E-state index in [1.165, 1.54) is 30.3 Å². The van der Waals surface area contributed by atoms with Crippen LogP contribution in [0.15, 0.2) is 36.4 Å². The second-order valence-electron chi connectivity index (χ2n) is 5.02. The third kappa shape index (κ3) is 5.51. The van der Waals surface area contributed by atoms with Gasteiger partial charge in [0.05, 0.1) is 38.7 Å². The zero-order chi connectivity index (χ0) is 18.6. The van der Waals surface area contributed by atoms with Crippen LogP contribution in [0.25, 0.3) is 0 Å². The largest absolute Gasteiger partial charge is 0.462 e. The lowest BCUT2D eigenvalue weighted by atomic mass is 10.2. The average Bonchev–Trinajstić information content (AvgIpc) is 2.52. The third-order valence-corrected chi connectivity index (χ3v) is 5.38. The topological polar surface area (TPSA) is 72.5 Å². The van der Waals surface area contributed by atoms with Crippen molar-refractivity contribution in [2.24, 2.45) is 0 Å². The SMILES string of the molecule is CCOC(=O)c1ccc(NS(=O)(=O)Cc2ccc(Cl)c(Cl)c2)c(Cl)c1. The number of esters is 1. The number of carbonyl (C=O) groups is 1. The molecule has 0 unspecified atom stereocenters. The highest BCUT2D eigenvalue weighted by atomic mass is 35.5. The Hall–Kier alpha value is -1.47. The summed E-state index contributed by atoms with van der Waals surface area (Å²) in [6.07, 6.45) is 0. The van der Waals surface area contributed by atoms with E-state index in [1.807, 2.05) is 0 Å². The summed E-state index contributed by atoms with van der Waals surface area (Å²) in [5, 5.41) is 0.697. The van der Waals surface area contributed by atoms with Crippen LogP contribution in [0, 0.1) is 0 Å². The van der Waals surface area contributed by atoms with Crippen molar-refractivity contribution in [3.63, 3.8) is 0 Å². The molecule has 0 atom stereocenters. The van der Waals surface area contributed by atoms with Gasteiger partial charge in [0, 0.05) is 0 Å². The molecule has 2 rings (SSSR count). The molecule has 1 N–H and O–H groups in total. The number of carbonyl (C=O) groups excluding carboxylic acids is 1. The van der Waals surface area contributed by atoms with Crippen molar-refractivity contribution in [3.8, 4) is 0 Å². The lowest BCUT2D eigenvalue weighted by Crippen LogP contribution is -2.15. The average molecular weight is 423 g/mol. The fraction of sp³-hybridized carbons (Fsp3) is 0.188. The van der Waals surface area contributed by atoms with E-state index in [0.29, 0.717) is 10.6 Å². The predicted molar refractivity (Wildman–Crippen MR) is 100 cm³/mol. The van der Waals surface area contributed by atoms with Gasteiger partial charge >= 0.3 is 5.97 Å². The molecule has 0 bridgehead atoms. The fourth-order valence-electron chi connectivity index (χ4n) is 1.99.